The Morgan fingerprint density at radius 2 is 1.97 bits per heavy atom. The number of hydrogen-bond donors (Lipinski definition) is 2. The van der Waals surface area contributed by atoms with Crippen LogP contribution in [0.15, 0.2) is 35.5 Å². The van der Waals surface area contributed by atoms with E-state index >= 15 is 0 Å². The van der Waals surface area contributed by atoms with Crippen LogP contribution in [0.25, 0.3) is 10.2 Å². The number of rotatable bonds is 6. The van der Waals surface area contributed by atoms with Crippen LogP contribution in [0.5, 0.6) is 0 Å². The summed E-state index contributed by atoms with van der Waals surface area (Å²) in [7, 11) is 0. The molecule has 6 rings (SSSR count). The molecule has 1 saturated carbocycles. The van der Waals surface area contributed by atoms with Gasteiger partial charge in [-0.15, -0.1) is 11.8 Å². The number of thioether (sulfide) groups is 1. The molecule has 3 atom stereocenters. The number of carbonyl (C=O) groups excluding carboxylic acids is 2. The first-order chi connectivity index (χ1) is 17.6. The Morgan fingerprint density at radius 3 is 2.78 bits per heavy atom. The molecular formula is C24H27N7O3S2. The number of piperazine rings is 1. The number of thiazole rings is 1. The van der Waals surface area contributed by atoms with Gasteiger partial charge in [0, 0.05) is 54.6 Å². The summed E-state index contributed by atoms with van der Waals surface area (Å²) in [6.45, 7) is 1.88. The first kappa shape index (κ1) is 23.3. The van der Waals surface area contributed by atoms with E-state index in [2.05, 4.69) is 20.6 Å². The lowest BCUT2D eigenvalue weighted by molar-refractivity contribution is 0.0617. The van der Waals surface area contributed by atoms with Gasteiger partial charge in [0.05, 0.1) is 16.3 Å². The summed E-state index contributed by atoms with van der Waals surface area (Å²) in [6, 6.07) is 6.28. The molecule has 0 spiro atoms. The quantitative estimate of drug-likeness (QED) is 0.467. The number of ether oxygens (including phenoxy) is 1. The smallest absolute Gasteiger partial charge is 0.410 e. The number of anilines is 2. The fourth-order valence-corrected chi connectivity index (χ4v) is 6.37. The molecule has 3 aliphatic rings. The van der Waals surface area contributed by atoms with Crippen LogP contribution in [0.1, 0.15) is 29.6 Å². The van der Waals surface area contributed by atoms with Crippen molar-refractivity contribution in [3.8, 4) is 0 Å². The van der Waals surface area contributed by atoms with Gasteiger partial charge in [0.15, 0.2) is 5.13 Å². The predicted octanol–water partition coefficient (Wildman–Crippen LogP) is 3.53. The van der Waals surface area contributed by atoms with Crippen molar-refractivity contribution in [1.29, 1.82) is 0 Å². The van der Waals surface area contributed by atoms with E-state index in [1.807, 2.05) is 41.7 Å². The van der Waals surface area contributed by atoms with Gasteiger partial charge in [0.1, 0.15) is 6.61 Å². The highest BCUT2D eigenvalue weighted by atomic mass is 32.2. The largest absolute Gasteiger partial charge is 0.447 e. The number of nitrogens with one attached hydrogen (secondary N) is 2. The third kappa shape index (κ3) is 4.66. The van der Waals surface area contributed by atoms with Crippen LogP contribution in [-0.4, -0.2) is 87.4 Å². The van der Waals surface area contributed by atoms with Crippen molar-refractivity contribution in [3.05, 3.63) is 36.2 Å². The highest BCUT2D eigenvalue weighted by molar-refractivity contribution is 7.98. The fourth-order valence-electron chi connectivity index (χ4n) is 5.07. The maximum absolute atomic E-state index is 13.2. The first-order valence-corrected chi connectivity index (χ1v) is 14.1. The van der Waals surface area contributed by atoms with Gasteiger partial charge in [-0.25, -0.2) is 19.7 Å². The summed E-state index contributed by atoms with van der Waals surface area (Å²) < 4.78 is 6.10. The Hall–Kier alpha value is -3.12. The van der Waals surface area contributed by atoms with Crippen LogP contribution in [0.3, 0.4) is 0 Å². The van der Waals surface area contributed by atoms with Crippen molar-refractivity contribution in [2.75, 3.05) is 43.1 Å². The molecule has 1 unspecified atom stereocenters. The zero-order chi connectivity index (χ0) is 24.6. The first-order valence-electron chi connectivity index (χ1n) is 12.1. The Bertz CT molecular complexity index is 1280. The van der Waals surface area contributed by atoms with Crippen molar-refractivity contribution < 1.29 is 14.3 Å². The molecule has 2 aliphatic heterocycles. The van der Waals surface area contributed by atoms with Crippen molar-refractivity contribution >= 4 is 56.4 Å². The normalized spacial score (nSPS) is 23.6. The summed E-state index contributed by atoms with van der Waals surface area (Å²) in [6.07, 6.45) is 8.47. The Balaban J connectivity index is 1.07. The standard InChI is InChI=1S/C24H27N7O3S2/c1-35-18-10-25-22(26-11-18)27-15-3-4-16(9-15)28-23-29-19-5-2-14(8-20(19)36-23)21(32)30-6-7-31-17(12-30)13-34-24(31)33/h2,5,8,10-11,15-17H,3-4,6-7,9,12-13H2,1H3,(H,28,29)(H,25,26,27)/t15-,16-,17?/m0/s1. The van der Waals surface area contributed by atoms with E-state index < -0.39 is 0 Å². The molecule has 36 heavy (non-hydrogen) atoms. The molecule has 3 fully saturated rings. The van der Waals surface area contributed by atoms with Gasteiger partial charge in [0.25, 0.3) is 5.91 Å². The summed E-state index contributed by atoms with van der Waals surface area (Å²) >= 11 is 3.20. The van der Waals surface area contributed by atoms with Crippen molar-refractivity contribution in [1.82, 2.24) is 24.8 Å². The second kappa shape index (κ2) is 9.74. The molecule has 188 valence electrons. The fraction of sp³-hybridized carbons (Fsp3) is 0.458. The molecule has 12 heteroatoms. The van der Waals surface area contributed by atoms with E-state index in [0.29, 0.717) is 49.8 Å². The monoisotopic (exact) mass is 525 g/mol. The number of nitrogens with zero attached hydrogens (tertiary/aromatic N) is 5. The zero-order valence-electron chi connectivity index (χ0n) is 19.8. The average Bonchev–Trinajstić information content (AvgIpc) is 3.62. The molecule has 2 amide bonds. The van der Waals surface area contributed by atoms with E-state index in [1.165, 1.54) is 0 Å². The van der Waals surface area contributed by atoms with Crippen molar-refractivity contribution in [2.45, 2.75) is 42.3 Å². The van der Waals surface area contributed by atoms with Crippen LogP contribution in [0, 0.1) is 0 Å². The third-order valence-corrected chi connectivity index (χ3v) is 8.63. The van der Waals surface area contributed by atoms with E-state index in [4.69, 9.17) is 9.72 Å². The van der Waals surface area contributed by atoms with Gasteiger partial charge in [-0.2, -0.15) is 0 Å². The predicted molar refractivity (Wildman–Crippen MR) is 140 cm³/mol. The minimum atomic E-state index is -0.277. The SMILES string of the molecule is CSc1cnc(N[C@H]2CC[C@H](Nc3nc4ccc(C(=O)N5CCN6C(=O)OCC6C5)cc4s3)C2)nc1. The van der Waals surface area contributed by atoms with Crippen LogP contribution in [-0.2, 0) is 4.74 Å². The molecule has 3 aromatic rings. The maximum Gasteiger partial charge on any atom is 0.410 e. The molecule has 2 N–H and O–H groups in total. The van der Waals surface area contributed by atoms with Gasteiger partial charge in [-0.05, 0) is 43.7 Å². The number of carbonyl (C=O) groups is 2. The highest BCUT2D eigenvalue weighted by Gasteiger charge is 2.39. The molecule has 1 aromatic carbocycles. The molecule has 2 aromatic heterocycles. The minimum absolute atomic E-state index is 0.0173. The molecule has 2 saturated heterocycles. The van der Waals surface area contributed by atoms with Gasteiger partial charge >= 0.3 is 6.09 Å². The zero-order valence-corrected chi connectivity index (χ0v) is 21.5. The van der Waals surface area contributed by atoms with E-state index in [1.54, 1.807) is 28.0 Å². The van der Waals surface area contributed by atoms with Gasteiger partial charge in [-0.3, -0.25) is 9.69 Å². The summed E-state index contributed by atoms with van der Waals surface area (Å²) in [5.74, 6) is 0.653. The Morgan fingerprint density at radius 1 is 1.17 bits per heavy atom. The summed E-state index contributed by atoms with van der Waals surface area (Å²) in [5, 5.41) is 7.90. The molecule has 0 bridgehead atoms. The highest BCUT2D eigenvalue weighted by Crippen LogP contribution is 2.31. The van der Waals surface area contributed by atoms with Crippen LogP contribution >= 0.6 is 23.1 Å². The minimum Gasteiger partial charge on any atom is -0.447 e. The Kier molecular flexibility index (Phi) is 6.30. The molecule has 4 heterocycles. The van der Waals surface area contributed by atoms with Crippen LogP contribution in [0.4, 0.5) is 15.9 Å². The molecule has 10 nitrogen and oxygen atoms in total. The second-order valence-electron chi connectivity index (χ2n) is 9.32. The van der Waals surface area contributed by atoms with E-state index in [0.717, 1.165) is 39.5 Å². The van der Waals surface area contributed by atoms with E-state index in [9.17, 15) is 9.59 Å². The number of aromatic nitrogens is 3. The lowest BCUT2D eigenvalue weighted by Crippen LogP contribution is -2.53. The lowest BCUT2D eigenvalue weighted by Gasteiger charge is -2.35. The van der Waals surface area contributed by atoms with Gasteiger partial charge < -0.3 is 20.3 Å². The van der Waals surface area contributed by atoms with E-state index in [-0.39, 0.29) is 18.0 Å². The molecule has 1 aliphatic carbocycles. The average molecular weight is 526 g/mol. The number of amides is 2. The van der Waals surface area contributed by atoms with Gasteiger partial charge in [-0.1, -0.05) is 11.3 Å². The summed E-state index contributed by atoms with van der Waals surface area (Å²) in [4.78, 5) is 43.0. The third-order valence-electron chi connectivity index (χ3n) is 7.00. The number of fused-ring (bicyclic) bond motifs is 2. The molecule has 0 radical (unpaired) electrons. The van der Waals surface area contributed by atoms with Crippen LogP contribution < -0.4 is 10.6 Å². The maximum atomic E-state index is 13.2. The number of hydrogen-bond acceptors (Lipinski definition) is 10. The lowest BCUT2D eigenvalue weighted by atomic mass is 10.1. The second-order valence-corrected chi connectivity index (χ2v) is 11.2. The van der Waals surface area contributed by atoms with Gasteiger partial charge in [0.2, 0.25) is 5.95 Å². The number of cyclic esters (lactones) is 1. The molecular weight excluding hydrogens is 498 g/mol. The number of benzene rings is 1. The van der Waals surface area contributed by atoms with Crippen LogP contribution in [0.2, 0.25) is 0 Å². The summed E-state index contributed by atoms with van der Waals surface area (Å²) in [5.41, 5.74) is 1.53. The topological polar surface area (TPSA) is 113 Å². The van der Waals surface area contributed by atoms with Crippen molar-refractivity contribution in [3.63, 3.8) is 0 Å². The van der Waals surface area contributed by atoms with Crippen molar-refractivity contribution in [2.24, 2.45) is 0 Å². The Labute approximate surface area is 216 Å².